The lowest BCUT2D eigenvalue weighted by molar-refractivity contribution is -0.138. The molecule has 1 aromatic rings. The Hall–Kier alpha value is -1.55. The van der Waals surface area contributed by atoms with E-state index in [1.54, 1.807) is 11.3 Å². The van der Waals surface area contributed by atoms with Gasteiger partial charge in [-0.1, -0.05) is 0 Å². The number of rotatable bonds is 7. The average Bonchev–Trinajstić information content (AvgIpc) is 3.43. The fourth-order valence-corrected chi connectivity index (χ4v) is 5.67. The maximum atomic E-state index is 12.8. The molecule has 0 saturated carbocycles. The first-order chi connectivity index (χ1) is 14.5. The zero-order valence-electron chi connectivity index (χ0n) is 17.8. The molecule has 0 aromatic carbocycles. The Morgan fingerprint density at radius 1 is 1.30 bits per heavy atom. The van der Waals surface area contributed by atoms with Gasteiger partial charge in [0, 0.05) is 55.6 Å². The first-order valence-electron chi connectivity index (χ1n) is 10.9. The van der Waals surface area contributed by atoms with Gasteiger partial charge < -0.3 is 19.7 Å². The largest absolute Gasteiger partial charge is 0.378 e. The van der Waals surface area contributed by atoms with E-state index in [0.717, 1.165) is 18.1 Å². The molecule has 4 atom stereocenters. The van der Waals surface area contributed by atoms with Crippen molar-refractivity contribution in [3.8, 4) is 0 Å². The number of ether oxygens (including phenoxy) is 2. The fraction of sp³-hybridized carbons (Fsp3) is 0.762. The molecule has 4 heterocycles. The van der Waals surface area contributed by atoms with E-state index in [2.05, 4.69) is 15.2 Å². The summed E-state index contributed by atoms with van der Waals surface area (Å²) in [6, 6.07) is 0.355. The third-order valence-corrected chi connectivity index (χ3v) is 7.06. The molecule has 30 heavy (non-hydrogen) atoms. The molecule has 0 spiro atoms. The van der Waals surface area contributed by atoms with Gasteiger partial charge in [-0.2, -0.15) is 0 Å². The maximum Gasteiger partial charge on any atom is 0.225 e. The number of hydrogen-bond donors (Lipinski definition) is 1. The molecule has 166 valence electrons. The van der Waals surface area contributed by atoms with Crippen molar-refractivity contribution >= 4 is 23.2 Å². The second kappa shape index (κ2) is 9.72. The molecule has 8 nitrogen and oxygen atoms in total. The van der Waals surface area contributed by atoms with Crippen LogP contribution in [0.4, 0.5) is 0 Å². The second-order valence-corrected chi connectivity index (χ2v) is 9.73. The number of morpholine rings is 1. The van der Waals surface area contributed by atoms with E-state index in [-0.39, 0.29) is 41.8 Å². The van der Waals surface area contributed by atoms with Gasteiger partial charge in [-0.25, -0.2) is 4.98 Å². The molecule has 0 bridgehead atoms. The molecule has 9 heteroatoms. The summed E-state index contributed by atoms with van der Waals surface area (Å²) in [4.78, 5) is 34.1. The highest BCUT2D eigenvalue weighted by atomic mass is 32.1. The van der Waals surface area contributed by atoms with E-state index in [4.69, 9.17) is 9.47 Å². The zero-order valence-corrected chi connectivity index (χ0v) is 18.6. The molecule has 1 N–H and O–H groups in total. The van der Waals surface area contributed by atoms with Crippen LogP contribution in [0.25, 0.3) is 0 Å². The predicted molar refractivity (Wildman–Crippen MR) is 113 cm³/mol. The molecule has 0 unspecified atom stereocenters. The lowest BCUT2D eigenvalue weighted by Crippen LogP contribution is -2.43. The van der Waals surface area contributed by atoms with Crippen molar-refractivity contribution in [2.24, 2.45) is 11.8 Å². The van der Waals surface area contributed by atoms with Crippen LogP contribution in [0.1, 0.15) is 31.7 Å². The number of nitrogens with one attached hydrogen (secondary N) is 1. The number of hydrogen-bond acceptors (Lipinski definition) is 7. The molecule has 1 aromatic heterocycles. The molecule has 3 saturated heterocycles. The quantitative estimate of drug-likeness (QED) is 0.690. The van der Waals surface area contributed by atoms with Gasteiger partial charge in [-0.05, 0) is 19.8 Å². The van der Waals surface area contributed by atoms with Crippen LogP contribution in [0.2, 0.25) is 0 Å². The van der Waals surface area contributed by atoms with Crippen molar-refractivity contribution in [2.45, 2.75) is 51.4 Å². The number of amides is 2. The summed E-state index contributed by atoms with van der Waals surface area (Å²) in [6.45, 7) is 8.68. The van der Waals surface area contributed by atoms with E-state index in [0.29, 0.717) is 45.8 Å². The Balaban J connectivity index is 1.45. The van der Waals surface area contributed by atoms with Gasteiger partial charge in [0.25, 0.3) is 0 Å². The highest BCUT2D eigenvalue weighted by Crippen LogP contribution is 2.42. The van der Waals surface area contributed by atoms with Gasteiger partial charge in [-0.15, -0.1) is 11.3 Å². The number of carbonyl (C=O) groups is 2. The number of aromatic nitrogens is 1. The van der Waals surface area contributed by atoms with Gasteiger partial charge in [-0.3, -0.25) is 14.5 Å². The fourth-order valence-electron chi connectivity index (χ4n) is 5.03. The third-order valence-electron chi connectivity index (χ3n) is 6.30. The van der Waals surface area contributed by atoms with Crippen molar-refractivity contribution in [1.29, 1.82) is 0 Å². The van der Waals surface area contributed by atoms with Crippen LogP contribution in [0, 0.1) is 11.8 Å². The van der Waals surface area contributed by atoms with Crippen molar-refractivity contribution in [2.75, 3.05) is 39.5 Å². The predicted octanol–water partition coefficient (Wildman–Crippen LogP) is 1.12. The number of carbonyl (C=O) groups excluding carboxylic acids is 2. The molecule has 3 fully saturated rings. The Bertz CT molecular complexity index is 723. The Kier molecular flexibility index (Phi) is 7.02. The number of fused-ring (bicyclic) bond motifs is 1. The van der Waals surface area contributed by atoms with Gasteiger partial charge in [0.05, 0.1) is 38.9 Å². The molecule has 2 amide bonds. The van der Waals surface area contributed by atoms with Gasteiger partial charge in [0.2, 0.25) is 11.8 Å². The zero-order chi connectivity index (χ0) is 21.1. The third kappa shape index (κ3) is 5.01. The van der Waals surface area contributed by atoms with Gasteiger partial charge in [0.1, 0.15) is 5.01 Å². The van der Waals surface area contributed by atoms with Crippen LogP contribution >= 0.6 is 11.3 Å². The summed E-state index contributed by atoms with van der Waals surface area (Å²) < 4.78 is 11.5. The van der Waals surface area contributed by atoms with E-state index < -0.39 is 0 Å². The molecule has 3 aliphatic rings. The highest BCUT2D eigenvalue weighted by Gasteiger charge is 2.51. The monoisotopic (exact) mass is 436 g/mol. The van der Waals surface area contributed by atoms with Crippen LogP contribution in [0.3, 0.4) is 0 Å². The minimum atomic E-state index is -0.136. The van der Waals surface area contributed by atoms with Crippen molar-refractivity contribution in [3.05, 3.63) is 16.6 Å². The SMILES string of the molecule is CC(C)NC(=O)C[C@@H]1CN(Cc2nccs2)[C@@H]2CO[C@@H](CC(=O)N3CCOCC3)[C@H]12. The van der Waals surface area contributed by atoms with E-state index in [1.165, 1.54) is 0 Å². The van der Waals surface area contributed by atoms with Crippen molar-refractivity contribution < 1.29 is 19.1 Å². The topological polar surface area (TPSA) is 84.0 Å². The summed E-state index contributed by atoms with van der Waals surface area (Å²) in [5.74, 6) is 0.578. The van der Waals surface area contributed by atoms with Crippen molar-refractivity contribution in [1.82, 2.24) is 20.1 Å². The number of likely N-dealkylation sites (tertiary alicyclic amines) is 1. The smallest absolute Gasteiger partial charge is 0.225 e. The summed E-state index contributed by atoms with van der Waals surface area (Å²) in [5, 5.41) is 6.09. The van der Waals surface area contributed by atoms with E-state index >= 15 is 0 Å². The summed E-state index contributed by atoms with van der Waals surface area (Å²) in [5.41, 5.74) is 0. The lowest BCUT2D eigenvalue weighted by Gasteiger charge is -2.29. The van der Waals surface area contributed by atoms with Crippen LogP contribution in [0.5, 0.6) is 0 Å². The molecule has 0 radical (unpaired) electrons. The minimum absolute atomic E-state index is 0.0787. The first-order valence-corrected chi connectivity index (χ1v) is 11.8. The van der Waals surface area contributed by atoms with Crippen molar-refractivity contribution in [3.63, 3.8) is 0 Å². The van der Waals surface area contributed by atoms with E-state index in [1.807, 2.05) is 30.3 Å². The van der Waals surface area contributed by atoms with Gasteiger partial charge in [0.15, 0.2) is 0 Å². The van der Waals surface area contributed by atoms with Crippen LogP contribution < -0.4 is 5.32 Å². The van der Waals surface area contributed by atoms with Crippen LogP contribution in [-0.2, 0) is 25.6 Å². The Morgan fingerprint density at radius 3 is 2.80 bits per heavy atom. The number of thiazole rings is 1. The lowest BCUT2D eigenvalue weighted by atomic mass is 9.84. The molecule has 4 rings (SSSR count). The molecule has 0 aliphatic carbocycles. The minimum Gasteiger partial charge on any atom is -0.378 e. The average molecular weight is 437 g/mol. The Labute approximate surface area is 181 Å². The normalized spacial score (nSPS) is 29.4. The Morgan fingerprint density at radius 2 is 2.10 bits per heavy atom. The van der Waals surface area contributed by atoms with Gasteiger partial charge >= 0.3 is 0 Å². The molecule has 3 aliphatic heterocycles. The summed E-state index contributed by atoms with van der Waals surface area (Å²) in [6.07, 6.45) is 2.55. The standard InChI is InChI=1S/C21H32N4O4S/c1-14(2)23-18(26)9-15-11-25(12-19-22-3-8-30-19)16-13-29-17(21(15)16)10-20(27)24-4-6-28-7-5-24/h3,8,14-17,21H,4-7,9-13H2,1-2H3,(H,23,26)/t15-,16-,17+,21-/m1/s1. The second-order valence-electron chi connectivity index (χ2n) is 8.76. The maximum absolute atomic E-state index is 12.8. The molecular weight excluding hydrogens is 404 g/mol. The number of nitrogens with zero attached hydrogens (tertiary/aromatic N) is 3. The summed E-state index contributed by atoms with van der Waals surface area (Å²) in [7, 11) is 0. The van der Waals surface area contributed by atoms with Crippen LogP contribution in [0.15, 0.2) is 11.6 Å². The summed E-state index contributed by atoms with van der Waals surface area (Å²) >= 11 is 1.65. The highest BCUT2D eigenvalue weighted by molar-refractivity contribution is 7.09. The van der Waals surface area contributed by atoms with E-state index in [9.17, 15) is 9.59 Å². The molecular formula is C21H32N4O4S. The first kappa shape index (κ1) is 21.7. The van der Waals surface area contributed by atoms with Crippen LogP contribution in [-0.4, -0.2) is 84.2 Å².